The molecule has 0 aliphatic rings. The number of para-hydroxylation sites is 1. The van der Waals surface area contributed by atoms with Crippen molar-refractivity contribution in [3.05, 3.63) is 65.2 Å². The standard InChI is InChI=1S/C21H23N3O3S.ClH/c22-13-7-6-11-17(24(21(26)27)14-15-8-2-1-3-9-15)19(25)20-23-16-10-4-5-12-18(16)28-20;/h1-5,8-10,12,17H,6-7,11,13-14,22H2,(H,26,27);1H/t17-;/m0./s1. The first-order valence-electron chi connectivity index (χ1n) is 9.23. The number of hydrogen-bond acceptors (Lipinski definition) is 5. The summed E-state index contributed by atoms with van der Waals surface area (Å²) in [6.45, 7) is 0.661. The summed E-state index contributed by atoms with van der Waals surface area (Å²) in [4.78, 5) is 30.9. The maximum absolute atomic E-state index is 13.3. The highest BCUT2D eigenvalue weighted by atomic mass is 35.5. The molecule has 0 saturated carbocycles. The van der Waals surface area contributed by atoms with Crippen LogP contribution in [0.1, 0.15) is 34.6 Å². The predicted octanol–water partition coefficient (Wildman–Crippen LogP) is 4.58. The molecule has 2 aromatic carbocycles. The number of thiazole rings is 1. The third-order valence-corrected chi connectivity index (χ3v) is 5.61. The van der Waals surface area contributed by atoms with Crippen LogP contribution in [-0.2, 0) is 6.54 Å². The van der Waals surface area contributed by atoms with Crippen molar-refractivity contribution in [2.24, 2.45) is 5.73 Å². The van der Waals surface area contributed by atoms with Crippen molar-refractivity contribution in [2.45, 2.75) is 31.8 Å². The summed E-state index contributed by atoms with van der Waals surface area (Å²) in [5, 5.41) is 10.2. The predicted molar refractivity (Wildman–Crippen MR) is 118 cm³/mol. The molecule has 3 N–H and O–H groups in total. The minimum Gasteiger partial charge on any atom is -0.465 e. The van der Waals surface area contributed by atoms with Crippen molar-refractivity contribution in [1.29, 1.82) is 0 Å². The number of Topliss-reactive ketones (excluding diaryl/α,β-unsaturated/α-hetero) is 1. The number of hydrogen-bond donors (Lipinski definition) is 2. The van der Waals surface area contributed by atoms with E-state index >= 15 is 0 Å². The molecule has 8 heteroatoms. The maximum atomic E-state index is 13.3. The molecule has 3 rings (SSSR count). The molecule has 1 amide bonds. The van der Waals surface area contributed by atoms with Crippen LogP contribution in [0.15, 0.2) is 54.6 Å². The second-order valence-corrected chi connectivity index (χ2v) is 7.58. The molecule has 0 aliphatic heterocycles. The first kappa shape index (κ1) is 22.8. The van der Waals surface area contributed by atoms with E-state index in [4.69, 9.17) is 5.73 Å². The van der Waals surface area contributed by atoms with Gasteiger partial charge in [-0.25, -0.2) is 9.78 Å². The highest BCUT2D eigenvalue weighted by Gasteiger charge is 2.32. The summed E-state index contributed by atoms with van der Waals surface area (Å²) in [6, 6.07) is 16.0. The quantitative estimate of drug-likeness (QED) is 0.380. The number of halogens is 1. The molecular formula is C21H24ClN3O3S. The van der Waals surface area contributed by atoms with Crippen molar-refractivity contribution in [3.8, 4) is 0 Å². The third kappa shape index (κ3) is 5.76. The highest BCUT2D eigenvalue weighted by molar-refractivity contribution is 7.20. The number of benzene rings is 2. The van der Waals surface area contributed by atoms with Gasteiger partial charge in [0.15, 0.2) is 5.01 Å². The molecular weight excluding hydrogens is 410 g/mol. The average Bonchev–Trinajstić information content (AvgIpc) is 3.14. The zero-order valence-corrected chi connectivity index (χ0v) is 17.5. The molecule has 0 unspecified atom stereocenters. The van der Waals surface area contributed by atoms with Gasteiger partial charge in [-0.05, 0) is 43.5 Å². The van der Waals surface area contributed by atoms with Crippen LogP contribution in [-0.4, -0.2) is 39.5 Å². The van der Waals surface area contributed by atoms with Crippen molar-refractivity contribution < 1.29 is 14.7 Å². The van der Waals surface area contributed by atoms with E-state index in [0.29, 0.717) is 24.4 Å². The van der Waals surface area contributed by atoms with Gasteiger partial charge in [-0.15, -0.1) is 23.7 Å². The number of carbonyl (C=O) groups is 2. The fourth-order valence-electron chi connectivity index (χ4n) is 3.12. The Balaban J connectivity index is 0.00000300. The molecule has 1 heterocycles. The van der Waals surface area contributed by atoms with E-state index in [0.717, 1.165) is 22.2 Å². The fraction of sp³-hybridized carbons (Fsp3) is 0.286. The molecule has 0 radical (unpaired) electrons. The molecule has 1 atom stereocenters. The summed E-state index contributed by atoms with van der Waals surface area (Å²) >= 11 is 1.30. The minimum atomic E-state index is -1.11. The molecule has 154 valence electrons. The molecule has 6 nitrogen and oxygen atoms in total. The van der Waals surface area contributed by atoms with Crippen LogP contribution in [0.25, 0.3) is 10.2 Å². The Morgan fingerprint density at radius 1 is 1.07 bits per heavy atom. The van der Waals surface area contributed by atoms with Gasteiger partial charge in [0.05, 0.1) is 10.2 Å². The second kappa shape index (κ2) is 10.9. The van der Waals surface area contributed by atoms with Crippen molar-refractivity contribution in [2.75, 3.05) is 6.54 Å². The first-order chi connectivity index (χ1) is 13.6. The Hall–Kier alpha value is -2.48. The van der Waals surface area contributed by atoms with Gasteiger partial charge in [-0.1, -0.05) is 42.5 Å². The monoisotopic (exact) mass is 433 g/mol. The van der Waals surface area contributed by atoms with Crippen LogP contribution in [0.3, 0.4) is 0 Å². The zero-order valence-electron chi connectivity index (χ0n) is 15.9. The third-order valence-electron chi connectivity index (χ3n) is 4.56. The number of carboxylic acid groups (broad SMARTS) is 1. The van der Waals surface area contributed by atoms with Gasteiger partial charge in [0.25, 0.3) is 0 Å². The molecule has 0 fully saturated rings. The number of nitrogens with zero attached hydrogens (tertiary/aromatic N) is 2. The molecule has 3 aromatic rings. The van der Waals surface area contributed by atoms with Gasteiger partial charge >= 0.3 is 6.09 Å². The molecule has 1 aromatic heterocycles. The summed E-state index contributed by atoms with van der Waals surface area (Å²) < 4.78 is 0.913. The zero-order chi connectivity index (χ0) is 19.9. The van der Waals surface area contributed by atoms with Crippen LogP contribution in [0, 0.1) is 0 Å². The first-order valence-corrected chi connectivity index (χ1v) is 10.0. The largest absolute Gasteiger partial charge is 0.465 e. The Bertz CT molecular complexity index is 916. The lowest BCUT2D eigenvalue weighted by atomic mass is 10.0. The lowest BCUT2D eigenvalue weighted by Crippen LogP contribution is -2.44. The number of ketones is 1. The fourth-order valence-corrected chi connectivity index (χ4v) is 4.08. The van der Waals surface area contributed by atoms with E-state index in [2.05, 4.69) is 4.98 Å². The number of amides is 1. The molecule has 0 bridgehead atoms. The van der Waals surface area contributed by atoms with E-state index in [1.807, 2.05) is 54.6 Å². The lowest BCUT2D eigenvalue weighted by molar-refractivity contribution is 0.0754. The maximum Gasteiger partial charge on any atom is 0.408 e. The summed E-state index contributed by atoms with van der Waals surface area (Å²) in [5.41, 5.74) is 7.18. The van der Waals surface area contributed by atoms with Gasteiger partial charge in [0.2, 0.25) is 5.78 Å². The number of rotatable bonds is 9. The smallest absolute Gasteiger partial charge is 0.408 e. The summed E-state index contributed by atoms with van der Waals surface area (Å²) in [7, 11) is 0. The number of aromatic nitrogens is 1. The van der Waals surface area contributed by atoms with Gasteiger partial charge in [0.1, 0.15) is 6.04 Å². The summed E-state index contributed by atoms with van der Waals surface area (Å²) in [6.07, 6.45) is 0.722. The van der Waals surface area contributed by atoms with Crippen LogP contribution in [0.4, 0.5) is 4.79 Å². The summed E-state index contributed by atoms with van der Waals surface area (Å²) in [5.74, 6) is -0.253. The molecule has 29 heavy (non-hydrogen) atoms. The van der Waals surface area contributed by atoms with Crippen LogP contribution in [0.5, 0.6) is 0 Å². The van der Waals surface area contributed by atoms with Gasteiger partial charge in [0, 0.05) is 6.54 Å². The molecule has 0 aliphatic carbocycles. The normalized spacial score (nSPS) is 11.6. The minimum absolute atomic E-state index is 0. The number of carbonyl (C=O) groups excluding carboxylic acids is 1. The van der Waals surface area contributed by atoms with Crippen molar-refractivity contribution in [3.63, 3.8) is 0 Å². The SMILES string of the molecule is Cl.NCCCC[C@@H](C(=O)c1nc2ccccc2s1)N(Cc1ccccc1)C(=O)O. The van der Waals surface area contributed by atoms with E-state index in [-0.39, 0.29) is 24.7 Å². The van der Waals surface area contributed by atoms with Crippen LogP contribution >= 0.6 is 23.7 Å². The van der Waals surface area contributed by atoms with Gasteiger partial charge in [-0.3, -0.25) is 9.69 Å². The van der Waals surface area contributed by atoms with Crippen molar-refractivity contribution >= 4 is 45.8 Å². The topological polar surface area (TPSA) is 96.5 Å². The van der Waals surface area contributed by atoms with E-state index < -0.39 is 12.1 Å². The second-order valence-electron chi connectivity index (χ2n) is 6.55. The Labute approximate surface area is 179 Å². The van der Waals surface area contributed by atoms with Crippen LogP contribution in [0.2, 0.25) is 0 Å². The van der Waals surface area contributed by atoms with Crippen molar-refractivity contribution in [1.82, 2.24) is 9.88 Å². The van der Waals surface area contributed by atoms with Gasteiger partial charge < -0.3 is 10.8 Å². The molecule has 0 saturated heterocycles. The van der Waals surface area contributed by atoms with E-state index in [9.17, 15) is 14.7 Å². The molecule has 0 spiro atoms. The number of fused-ring (bicyclic) bond motifs is 1. The Morgan fingerprint density at radius 3 is 2.41 bits per heavy atom. The van der Waals surface area contributed by atoms with E-state index in [1.165, 1.54) is 16.2 Å². The van der Waals surface area contributed by atoms with Crippen LogP contribution < -0.4 is 5.73 Å². The van der Waals surface area contributed by atoms with Gasteiger partial charge in [-0.2, -0.15) is 0 Å². The highest BCUT2D eigenvalue weighted by Crippen LogP contribution is 2.25. The Kier molecular flexibility index (Phi) is 8.57. The number of unbranched alkanes of at least 4 members (excludes halogenated alkanes) is 1. The number of nitrogens with two attached hydrogens (primary N) is 1. The lowest BCUT2D eigenvalue weighted by Gasteiger charge is -2.28. The Morgan fingerprint density at radius 2 is 1.76 bits per heavy atom. The average molecular weight is 434 g/mol. The van der Waals surface area contributed by atoms with E-state index in [1.54, 1.807) is 0 Å².